The van der Waals surface area contributed by atoms with Crippen molar-refractivity contribution in [3.05, 3.63) is 59.8 Å². The van der Waals surface area contributed by atoms with Crippen LogP contribution >= 0.6 is 0 Å². The topological polar surface area (TPSA) is 51.5 Å². The van der Waals surface area contributed by atoms with Crippen LogP contribution in [-0.4, -0.2) is 22.6 Å². The average Bonchev–Trinajstić information content (AvgIpc) is 3.00. The molecule has 0 saturated carbocycles. The molecule has 4 nitrogen and oxygen atoms in total. The van der Waals surface area contributed by atoms with Gasteiger partial charge in [-0.05, 0) is 30.7 Å². The number of rotatable bonds is 8. The number of aromatic hydroxyl groups is 1. The number of hydrogen-bond donors (Lipinski definition) is 1. The Kier molecular flexibility index (Phi) is 5.61. The Morgan fingerprint density at radius 1 is 1.15 bits per heavy atom. The molecule has 136 valence electrons. The van der Waals surface area contributed by atoms with Gasteiger partial charge in [0.1, 0.15) is 11.5 Å². The number of ether oxygens (including phenoxy) is 1. The lowest BCUT2D eigenvalue weighted by Gasteiger charge is -2.07. The molecule has 1 heterocycles. The molecule has 1 N–H and O–H groups in total. The zero-order valence-electron chi connectivity index (χ0n) is 15.4. The van der Waals surface area contributed by atoms with Gasteiger partial charge in [0.05, 0.1) is 7.11 Å². The Morgan fingerprint density at radius 3 is 2.73 bits per heavy atom. The summed E-state index contributed by atoms with van der Waals surface area (Å²) in [4.78, 5) is 13.0. The van der Waals surface area contributed by atoms with Gasteiger partial charge in [-0.25, -0.2) is 0 Å². The molecule has 0 amide bonds. The molecule has 0 fully saturated rings. The van der Waals surface area contributed by atoms with Crippen LogP contribution < -0.4 is 4.74 Å². The smallest absolute Gasteiger partial charge is 0.169 e. The van der Waals surface area contributed by atoms with Gasteiger partial charge in [-0.1, -0.05) is 38.0 Å². The minimum Gasteiger partial charge on any atom is -0.508 e. The third kappa shape index (κ3) is 3.74. The number of aryl methyl sites for hydroxylation is 1. The minimum atomic E-state index is 0.0272. The molecule has 0 spiro atoms. The van der Waals surface area contributed by atoms with Crippen LogP contribution in [-0.2, 0) is 13.0 Å². The number of nitrogens with zero attached hydrogens (tertiary/aromatic N) is 1. The van der Waals surface area contributed by atoms with Gasteiger partial charge >= 0.3 is 0 Å². The SMILES string of the molecule is CCCCCn1cc(C(=O)Cc2ccccc2OC)c2cc(O)ccc21. The molecule has 2 aromatic carbocycles. The monoisotopic (exact) mass is 351 g/mol. The third-order valence-corrected chi connectivity index (χ3v) is 4.71. The van der Waals surface area contributed by atoms with E-state index in [9.17, 15) is 9.90 Å². The first-order valence-corrected chi connectivity index (χ1v) is 9.11. The number of aromatic nitrogens is 1. The van der Waals surface area contributed by atoms with Crippen molar-refractivity contribution in [2.45, 2.75) is 39.2 Å². The lowest BCUT2D eigenvalue weighted by atomic mass is 10.0. The molecule has 0 bridgehead atoms. The number of phenolic OH excluding ortho intramolecular Hbond substituents is 1. The fraction of sp³-hybridized carbons (Fsp3) is 0.318. The van der Waals surface area contributed by atoms with E-state index >= 15 is 0 Å². The molecule has 1 aromatic heterocycles. The van der Waals surface area contributed by atoms with Crippen molar-refractivity contribution < 1.29 is 14.6 Å². The highest BCUT2D eigenvalue weighted by Gasteiger charge is 2.17. The fourth-order valence-corrected chi connectivity index (χ4v) is 3.34. The van der Waals surface area contributed by atoms with Crippen LogP contribution in [0.2, 0.25) is 0 Å². The van der Waals surface area contributed by atoms with Crippen molar-refractivity contribution in [3.8, 4) is 11.5 Å². The molecule has 4 heteroatoms. The minimum absolute atomic E-state index is 0.0272. The van der Waals surface area contributed by atoms with E-state index in [1.807, 2.05) is 36.5 Å². The number of fused-ring (bicyclic) bond motifs is 1. The third-order valence-electron chi connectivity index (χ3n) is 4.71. The van der Waals surface area contributed by atoms with Crippen molar-refractivity contribution in [1.29, 1.82) is 0 Å². The van der Waals surface area contributed by atoms with Crippen molar-refractivity contribution in [2.75, 3.05) is 7.11 Å². The molecule has 3 aromatic rings. The first-order chi connectivity index (χ1) is 12.6. The van der Waals surface area contributed by atoms with Crippen LogP contribution in [0.3, 0.4) is 0 Å². The number of benzene rings is 2. The van der Waals surface area contributed by atoms with E-state index < -0.39 is 0 Å². The molecule has 0 unspecified atom stereocenters. The first kappa shape index (κ1) is 18.1. The second-order valence-corrected chi connectivity index (χ2v) is 6.56. The fourth-order valence-electron chi connectivity index (χ4n) is 3.34. The molecule has 0 radical (unpaired) electrons. The number of unbranched alkanes of at least 4 members (excludes halogenated alkanes) is 2. The molecule has 0 aliphatic heterocycles. The van der Waals surface area contributed by atoms with Crippen LogP contribution in [0, 0.1) is 0 Å². The highest BCUT2D eigenvalue weighted by atomic mass is 16.5. The zero-order chi connectivity index (χ0) is 18.5. The highest BCUT2D eigenvalue weighted by molar-refractivity contribution is 6.09. The Hall–Kier alpha value is -2.75. The molecule has 3 rings (SSSR count). The van der Waals surface area contributed by atoms with Gasteiger partial charge in [-0.3, -0.25) is 4.79 Å². The van der Waals surface area contributed by atoms with Gasteiger partial charge in [0.15, 0.2) is 5.78 Å². The van der Waals surface area contributed by atoms with E-state index in [0.29, 0.717) is 5.56 Å². The van der Waals surface area contributed by atoms with E-state index in [1.165, 1.54) is 0 Å². The quantitative estimate of drug-likeness (QED) is 0.460. The summed E-state index contributed by atoms with van der Waals surface area (Å²) in [5.74, 6) is 0.921. The van der Waals surface area contributed by atoms with Gasteiger partial charge in [0, 0.05) is 41.2 Å². The molecule has 0 atom stereocenters. The van der Waals surface area contributed by atoms with Crippen LogP contribution in [0.4, 0.5) is 0 Å². The summed E-state index contributed by atoms with van der Waals surface area (Å²) in [6.07, 6.45) is 5.58. The Bertz CT molecular complexity index is 911. The Balaban J connectivity index is 1.95. The van der Waals surface area contributed by atoms with Crippen molar-refractivity contribution >= 4 is 16.7 Å². The number of Topliss-reactive ketones (excluding diaryl/α,β-unsaturated/α-hetero) is 1. The number of phenols is 1. The van der Waals surface area contributed by atoms with Gasteiger partial charge in [-0.2, -0.15) is 0 Å². The summed E-state index contributed by atoms with van der Waals surface area (Å²) in [6, 6.07) is 12.8. The summed E-state index contributed by atoms with van der Waals surface area (Å²) in [6.45, 7) is 3.05. The molecule has 0 aliphatic rings. The maximum absolute atomic E-state index is 13.0. The van der Waals surface area contributed by atoms with E-state index in [-0.39, 0.29) is 18.0 Å². The lowest BCUT2D eigenvalue weighted by Crippen LogP contribution is -2.04. The van der Waals surface area contributed by atoms with Gasteiger partial charge in [0.25, 0.3) is 0 Å². The van der Waals surface area contributed by atoms with Crippen LogP contribution in [0.5, 0.6) is 11.5 Å². The average molecular weight is 351 g/mol. The normalized spacial score (nSPS) is 11.0. The van der Waals surface area contributed by atoms with Crippen LogP contribution in [0.1, 0.15) is 42.1 Å². The van der Waals surface area contributed by atoms with E-state index in [0.717, 1.165) is 48.0 Å². The first-order valence-electron chi connectivity index (χ1n) is 9.11. The van der Waals surface area contributed by atoms with Crippen molar-refractivity contribution in [1.82, 2.24) is 4.57 Å². The number of carbonyl (C=O) groups is 1. The molecular formula is C22H25NO3. The number of ketones is 1. The summed E-state index contributed by atoms with van der Waals surface area (Å²) >= 11 is 0. The molecule has 0 saturated heterocycles. The van der Waals surface area contributed by atoms with Crippen molar-refractivity contribution in [2.24, 2.45) is 0 Å². The summed E-state index contributed by atoms with van der Waals surface area (Å²) < 4.78 is 7.49. The molecule has 26 heavy (non-hydrogen) atoms. The zero-order valence-corrected chi connectivity index (χ0v) is 15.4. The predicted octanol–water partition coefficient (Wildman–Crippen LogP) is 4.97. The molecular weight excluding hydrogens is 326 g/mol. The van der Waals surface area contributed by atoms with Gasteiger partial charge in [0.2, 0.25) is 0 Å². The number of methoxy groups -OCH3 is 1. The standard InChI is InChI=1S/C22H25NO3/c1-3-4-7-12-23-15-19(18-14-17(24)10-11-20(18)23)21(25)13-16-8-5-6-9-22(16)26-2/h5-6,8-11,14-15,24H,3-4,7,12-13H2,1-2H3. The second kappa shape index (κ2) is 8.09. The van der Waals surface area contributed by atoms with Crippen molar-refractivity contribution in [3.63, 3.8) is 0 Å². The number of para-hydroxylation sites is 1. The largest absolute Gasteiger partial charge is 0.508 e. The predicted molar refractivity (Wildman–Crippen MR) is 104 cm³/mol. The van der Waals surface area contributed by atoms with Crippen LogP contribution in [0.15, 0.2) is 48.7 Å². The van der Waals surface area contributed by atoms with E-state index in [1.54, 1.807) is 19.2 Å². The second-order valence-electron chi connectivity index (χ2n) is 6.56. The maximum Gasteiger partial charge on any atom is 0.169 e. The Morgan fingerprint density at radius 2 is 1.96 bits per heavy atom. The lowest BCUT2D eigenvalue weighted by molar-refractivity contribution is 0.0993. The van der Waals surface area contributed by atoms with Crippen LogP contribution in [0.25, 0.3) is 10.9 Å². The summed E-state index contributed by atoms with van der Waals surface area (Å²) in [5, 5.41) is 10.7. The van der Waals surface area contributed by atoms with E-state index in [4.69, 9.17) is 4.74 Å². The molecule has 0 aliphatic carbocycles. The van der Waals surface area contributed by atoms with Gasteiger partial charge in [-0.15, -0.1) is 0 Å². The summed E-state index contributed by atoms with van der Waals surface area (Å²) in [7, 11) is 1.61. The van der Waals surface area contributed by atoms with Gasteiger partial charge < -0.3 is 14.4 Å². The Labute approximate surface area is 154 Å². The number of carbonyl (C=O) groups excluding carboxylic acids is 1. The number of hydrogen-bond acceptors (Lipinski definition) is 3. The van der Waals surface area contributed by atoms with E-state index in [2.05, 4.69) is 11.5 Å². The summed E-state index contributed by atoms with van der Waals surface area (Å²) in [5.41, 5.74) is 2.51. The highest BCUT2D eigenvalue weighted by Crippen LogP contribution is 2.28. The maximum atomic E-state index is 13.0.